The molecule has 0 saturated heterocycles. The highest BCUT2D eigenvalue weighted by Crippen LogP contribution is 2.19. The van der Waals surface area contributed by atoms with E-state index in [0.717, 1.165) is 0 Å². The molecular weight excluding hydrogens is 244 g/mol. The number of hydrogen-bond acceptors (Lipinski definition) is 4. The normalized spacial score (nSPS) is 13.1. The van der Waals surface area contributed by atoms with Gasteiger partial charge in [-0.25, -0.2) is 8.42 Å². The molecule has 0 bridgehead atoms. The number of hydrogen-bond donors (Lipinski definition) is 1. The molecule has 0 fully saturated rings. The molecule has 1 unspecified atom stereocenters. The lowest BCUT2D eigenvalue weighted by Gasteiger charge is -2.08. The van der Waals surface area contributed by atoms with Crippen molar-refractivity contribution < 1.29 is 23.1 Å². The molecule has 0 aliphatic heterocycles. The highest BCUT2D eigenvalue weighted by Gasteiger charge is 2.23. The lowest BCUT2D eigenvalue weighted by atomic mass is 10.2. The SMILES string of the molecule is COc1cccc(S(=O)(=O)CC(C)C(=O)O)c1. The molecule has 0 aromatic heterocycles. The van der Waals surface area contributed by atoms with Crippen molar-refractivity contribution in [1.82, 2.24) is 0 Å². The zero-order valence-electron chi connectivity index (χ0n) is 9.58. The predicted octanol–water partition coefficient (Wildman–Crippen LogP) is 1.19. The molecule has 0 aliphatic rings. The second-order valence-electron chi connectivity index (χ2n) is 3.70. The van der Waals surface area contributed by atoms with Crippen LogP contribution in [0.5, 0.6) is 5.75 Å². The standard InChI is InChI=1S/C11H14O5S/c1-8(11(12)13)7-17(14,15)10-5-3-4-9(6-10)16-2/h3-6,8H,7H2,1-2H3,(H,12,13). The first-order valence-corrected chi connectivity index (χ1v) is 6.61. The van der Waals surface area contributed by atoms with E-state index in [1.54, 1.807) is 12.1 Å². The van der Waals surface area contributed by atoms with Crippen molar-refractivity contribution in [2.45, 2.75) is 11.8 Å². The molecule has 6 heteroatoms. The van der Waals surface area contributed by atoms with Crippen molar-refractivity contribution in [2.24, 2.45) is 5.92 Å². The van der Waals surface area contributed by atoms with E-state index in [-0.39, 0.29) is 4.90 Å². The highest BCUT2D eigenvalue weighted by atomic mass is 32.2. The van der Waals surface area contributed by atoms with Crippen LogP contribution in [0.25, 0.3) is 0 Å². The van der Waals surface area contributed by atoms with Gasteiger partial charge in [-0.1, -0.05) is 13.0 Å². The number of aliphatic carboxylic acids is 1. The first-order chi connectivity index (χ1) is 7.86. The Kier molecular flexibility index (Phi) is 4.11. The van der Waals surface area contributed by atoms with Crippen LogP contribution in [-0.4, -0.2) is 32.4 Å². The molecule has 1 aromatic rings. The molecule has 0 amide bonds. The van der Waals surface area contributed by atoms with Gasteiger partial charge in [-0.2, -0.15) is 0 Å². The number of rotatable bonds is 5. The second-order valence-corrected chi connectivity index (χ2v) is 5.73. The first-order valence-electron chi connectivity index (χ1n) is 4.96. The number of ether oxygens (including phenoxy) is 1. The van der Waals surface area contributed by atoms with E-state index >= 15 is 0 Å². The van der Waals surface area contributed by atoms with Crippen LogP contribution in [-0.2, 0) is 14.6 Å². The largest absolute Gasteiger partial charge is 0.497 e. The van der Waals surface area contributed by atoms with Gasteiger partial charge in [-0.3, -0.25) is 4.79 Å². The Hall–Kier alpha value is -1.56. The summed E-state index contributed by atoms with van der Waals surface area (Å²) in [6, 6.07) is 5.98. The maximum atomic E-state index is 11.9. The molecule has 0 spiro atoms. The maximum Gasteiger partial charge on any atom is 0.307 e. The van der Waals surface area contributed by atoms with Crippen LogP contribution in [0.2, 0.25) is 0 Å². The van der Waals surface area contributed by atoms with Gasteiger partial charge < -0.3 is 9.84 Å². The zero-order chi connectivity index (χ0) is 13.1. The summed E-state index contributed by atoms with van der Waals surface area (Å²) in [6.07, 6.45) is 0. The number of sulfone groups is 1. The minimum atomic E-state index is -3.60. The molecule has 1 atom stereocenters. The van der Waals surface area contributed by atoms with Gasteiger partial charge in [0.05, 0.1) is 23.7 Å². The third-order valence-electron chi connectivity index (χ3n) is 2.29. The quantitative estimate of drug-likeness (QED) is 0.858. The van der Waals surface area contributed by atoms with Crippen molar-refractivity contribution in [1.29, 1.82) is 0 Å². The average Bonchev–Trinajstić information content (AvgIpc) is 2.28. The Morgan fingerprint density at radius 3 is 2.65 bits per heavy atom. The summed E-state index contributed by atoms with van der Waals surface area (Å²) >= 11 is 0. The molecule has 0 aliphatic carbocycles. The topological polar surface area (TPSA) is 80.7 Å². The number of carbonyl (C=O) groups is 1. The van der Waals surface area contributed by atoms with E-state index in [2.05, 4.69) is 0 Å². The van der Waals surface area contributed by atoms with Gasteiger partial charge in [-0.05, 0) is 18.2 Å². The van der Waals surface area contributed by atoms with Crippen LogP contribution >= 0.6 is 0 Å². The summed E-state index contributed by atoms with van der Waals surface area (Å²) in [5, 5.41) is 8.70. The van der Waals surface area contributed by atoms with Crippen molar-refractivity contribution >= 4 is 15.8 Å². The van der Waals surface area contributed by atoms with Gasteiger partial charge in [0.1, 0.15) is 5.75 Å². The monoisotopic (exact) mass is 258 g/mol. The van der Waals surface area contributed by atoms with Crippen molar-refractivity contribution in [3.63, 3.8) is 0 Å². The maximum absolute atomic E-state index is 11.9. The summed E-state index contributed by atoms with van der Waals surface area (Å²) in [5.41, 5.74) is 0. The lowest BCUT2D eigenvalue weighted by Crippen LogP contribution is -2.21. The number of carboxylic acids is 1. The minimum Gasteiger partial charge on any atom is -0.497 e. The fourth-order valence-corrected chi connectivity index (χ4v) is 2.87. The van der Waals surface area contributed by atoms with Crippen molar-refractivity contribution in [2.75, 3.05) is 12.9 Å². The summed E-state index contributed by atoms with van der Waals surface area (Å²) < 4.78 is 28.7. The summed E-state index contributed by atoms with van der Waals surface area (Å²) in [5.74, 6) is -2.06. The fourth-order valence-electron chi connectivity index (χ4n) is 1.29. The molecule has 0 radical (unpaired) electrons. The van der Waals surface area contributed by atoms with Gasteiger partial charge in [0.15, 0.2) is 9.84 Å². The number of benzene rings is 1. The molecule has 17 heavy (non-hydrogen) atoms. The van der Waals surface area contributed by atoms with Crippen molar-refractivity contribution in [3.8, 4) is 5.75 Å². The van der Waals surface area contributed by atoms with Crippen LogP contribution in [0, 0.1) is 5.92 Å². The highest BCUT2D eigenvalue weighted by molar-refractivity contribution is 7.91. The first kappa shape index (κ1) is 13.5. The summed E-state index contributed by atoms with van der Waals surface area (Å²) in [7, 11) is -2.16. The molecule has 0 saturated carbocycles. The number of carboxylic acid groups (broad SMARTS) is 1. The van der Waals surface area contributed by atoms with E-state index in [0.29, 0.717) is 5.75 Å². The third-order valence-corrected chi connectivity index (χ3v) is 4.20. The second kappa shape index (κ2) is 5.18. The Morgan fingerprint density at radius 1 is 1.47 bits per heavy atom. The van der Waals surface area contributed by atoms with Crippen LogP contribution in [0.3, 0.4) is 0 Å². The van der Waals surface area contributed by atoms with Gasteiger partial charge in [0.2, 0.25) is 0 Å². The van der Waals surface area contributed by atoms with Crippen molar-refractivity contribution in [3.05, 3.63) is 24.3 Å². The van der Waals surface area contributed by atoms with E-state index in [1.807, 2.05) is 0 Å². The van der Waals surface area contributed by atoms with Gasteiger partial charge in [0.25, 0.3) is 0 Å². The number of methoxy groups -OCH3 is 1. The smallest absolute Gasteiger partial charge is 0.307 e. The average molecular weight is 258 g/mol. The Balaban J connectivity index is 3.01. The van der Waals surface area contributed by atoms with Crippen LogP contribution in [0.4, 0.5) is 0 Å². The van der Waals surface area contributed by atoms with E-state index in [1.165, 1.54) is 26.2 Å². The minimum absolute atomic E-state index is 0.0740. The lowest BCUT2D eigenvalue weighted by molar-refractivity contribution is -0.140. The fraction of sp³-hybridized carbons (Fsp3) is 0.364. The molecule has 1 N–H and O–H groups in total. The molecule has 5 nitrogen and oxygen atoms in total. The van der Waals surface area contributed by atoms with Crippen LogP contribution in [0.1, 0.15) is 6.92 Å². The molecule has 94 valence electrons. The summed E-state index contributed by atoms with van der Waals surface area (Å²) in [4.78, 5) is 10.7. The van der Waals surface area contributed by atoms with Gasteiger partial charge in [0, 0.05) is 0 Å². The van der Waals surface area contributed by atoms with Gasteiger partial charge >= 0.3 is 5.97 Å². The Bertz CT molecular complexity index is 506. The predicted molar refractivity (Wildman–Crippen MR) is 61.8 cm³/mol. The molecular formula is C11H14O5S. The van der Waals surface area contributed by atoms with Crippen LogP contribution < -0.4 is 4.74 Å². The van der Waals surface area contributed by atoms with Crippen LogP contribution in [0.15, 0.2) is 29.2 Å². The third kappa shape index (κ3) is 3.45. The molecule has 1 aromatic carbocycles. The zero-order valence-corrected chi connectivity index (χ0v) is 10.4. The Morgan fingerprint density at radius 2 is 2.12 bits per heavy atom. The van der Waals surface area contributed by atoms with Gasteiger partial charge in [-0.15, -0.1) is 0 Å². The van der Waals surface area contributed by atoms with E-state index in [9.17, 15) is 13.2 Å². The molecule has 1 rings (SSSR count). The Labute approximate surface area is 100.0 Å². The molecule has 0 heterocycles. The van der Waals surface area contributed by atoms with E-state index < -0.39 is 27.5 Å². The van der Waals surface area contributed by atoms with E-state index in [4.69, 9.17) is 9.84 Å². The summed E-state index contributed by atoms with van der Waals surface area (Å²) in [6.45, 7) is 1.36.